The van der Waals surface area contributed by atoms with Crippen LogP contribution in [-0.4, -0.2) is 11.7 Å². The van der Waals surface area contributed by atoms with Crippen LogP contribution >= 0.6 is 0 Å². The summed E-state index contributed by atoms with van der Waals surface area (Å²) in [5.41, 5.74) is 2.39. The lowest BCUT2D eigenvalue weighted by atomic mass is 10.1. The Hall–Kier alpha value is -1.26. The topological polar surface area (TPSA) is 20.2 Å². The van der Waals surface area contributed by atoms with Gasteiger partial charge in [0.25, 0.3) is 0 Å². The van der Waals surface area contributed by atoms with Crippen molar-refractivity contribution in [2.75, 3.05) is 6.61 Å². The van der Waals surface area contributed by atoms with Gasteiger partial charge in [-0.3, -0.25) is 0 Å². The van der Waals surface area contributed by atoms with Crippen LogP contribution in [0.5, 0.6) is 0 Å². The summed E-state index contributed by atoms with van der Waals surface area (Å²) in [5.74, 6) is 6.10. The van der Waals surface area contributed by atoms with Gasteiger partial charge in [-0.1, -0.05) is 30.9 Å². The second kappa shape index (κ2) is 6.23. The molecule has 0 fully saturated rings. The zero-order valence-electron chi connectivity index (χ0n) is 8.59. The lowest BCUT2D eigenvalue weighted by molar-refractivity contribution is 0.290. The normalized spacial score (nSPS) is 9.29. The lowest BCUT2D eigenvalue weighted by Crippen LogP contribution is -1.81. The van der Waals surface area contributed by atoms with Crippen molar-refractivity contribution in [2.24, 2.45) is 0 Å². The summed E-state index contributed by atoms with van der Waals surface area (Å²) in [5, 5.41) is 8.56. The number of rotatable bonds is 3. The van der Waals surface area contributed by atoms with Crippen LogP contribution in [0.15, 0.2) is 24.3 Å². The second-order valence-electron chi connectivity index (χ2n) is 3.18. The molecule has 0 atom stereocenters. The van der Waals surface area contributed by atoms with Gasteiger partial charge >= 0.3 is 0 Å². The molecule has 0 radical (unpaired) electrons. The molecular weight excluding hydrogens is 172 g/mol. The third-order valence-electron chi connectivity index (χ3n) is 2.05. The minimum absolute atomic E-state index is 0.226. The maximum Gasteiger partial charge on any atom is 0.0440 e. The first-order valence-electron chi connectivity index (χ1n) is 5.05. The van der Waals surface area contributed by atoms with Crippen molar-refractivity contribution in [3.63, 3.8) is 0 Å². The highest BCUT2D eigenvalue weighted by atomic mass is 16.2. The minimum atomic E-state index is 0.226. The number of aliphatic hydroxyl groups excluding tert-OH is 1. The van der Waals surface area contributed by atoms with Gasteiger partial charge in [0, 0.05) is 18.6 Å². The molecule has 74 valence electrons. The Morgan fingerprint density at radius 3 is 2.50 bits per heavy atom. The highest BCUT2D eigenvalue weighted by Crippen LogP contribution is 2.03. The summed E-state index contributed by atoms with van der Waals surface area (Å²) in [6.07, 6.45) is 2.60. The molecule has 14 heavy (non-hydrogen) atoms. The molecule has 1 rings (SSSR count). The van der Waals surface area contributed by atoms with Crippen molar-refractivity contribution in [2.45, 2.75) is 26.2 Å². The SMILES string of the molecule is CCc1ccc(C#CCCCO)cc1. The first-order chi connectivity index (χ1) is 6.86. The molecule has 1 heteroatoms. The van der Waals surface area contributed by atoms with Gasteiger partial charge in [0.15, 0.2) is 0 Å². The molecule has 0 saturated carbocycles. The Morgan fingerprint density at radius 2 is 1.93 bits per heavy atom. The number of hydrogen-bond donors (Lipinski definition) is 1. The fraction of sp³-hybridized carbons (Fsp3) is 0.385. The van der Waals surface area contributed by atoms with E-state index in [4.69, 9.17) is 5.11 Å². The summed E-state index contributed by atoms with van der Waals surface area (Å²) in [6.45, 7) is 2.37. The number of aryl methyl sites for hydroxylation is 1. The van der Waals surface area contributed by atoms with Gasteiger partial charge in [0.05, 0.1) is 0 Å². The van der Waals surface area contributed by atoms with Crippen LogP contribution in [-0.2, 0) is 6.42 Å². The number of unbranched alkanes of at least 4 members (excludes halogenated alkanes) is 1. The Kier molecular flexibility index (Phi) is 4.82. The van der Waals surface area contributed by atoms with Gasteiger partial charge in [0.2, 0.25) is 0 Å². The third kappa shape index (κ3) is 3.64. The van der Waals surface area contributed by atoms with Crippen molar-refractivity contribution in [1.29, 1.82) is 0 Å². The van der Waals surface area contributed by atoms with E-state index >= 15 is 0 Å². The predicted molar refractivity (Wildman–Crippen MR) is 59.0 cm³/mol. The fourth-order valence-electron chi connectivity index (χ4n) is 1.16. The molecule has 0 bridgehead atoms. The maximum atomic E-state index is 8.56. The van der Waals surface area contributed by atoms with Crippen LogP contribution in [0.25, 0.3) is 0 Å². The first-order valence-corrected chi connectivity index (χ1v) is 5.05. The van der Waals surface area contributed by atoms with Crippen LogP contribution in [0.2, 0.25) is 0 Å². The first kappa shape index (κ1) is 10.8. The summed E-state index contributed by atoms with van der Waals surface area (Å²) >= 11 is 0. The number of hydrogen-bond acceptors (Lipinski definition) is 1. The smallest absolute Gasteiger partial charge is 0.0440 e. The standard InChI is InChI=1S/C13H16O/c1-2-12-7-9-13(10-8-12)6-4-3-5-11-14/h7-10,14H,2-3,5,11H2,1H3. The molecule has 0 spiro atoms. The molecule has 1 nitrogen and oxygen atoms in total. The Morgan fingerprint density at radius 1 is 1.21 bits per heavy atom. The fourth-order valence-corrected chi connectivity index (χ4v) is 1.16. The van der Waals surface area contributed by atoms with E-state index in [2.05, 4.69) is 30.9 Å². The predicted octanol–water partition coefficient (Wildman–Crippen LogP) is 2.37. The molecule has 0 aliphatic heterocycles. The molecule has 0 aliphatic rings. The minimum Gasteiger partial charge on any atom is -0.396 e. The van der Waals surface area contributed by atoms with Crippen LogP contribution in [0.1, 0.15) is 30.9 Å². The number of benzene rings is 1. The van der Waals surface area contributed by atoms with Gasteiger partial charge in [-0.15, -0.1) is 0 Å². The highest BCUT2D eigenvalue weighted by molar-refractivity contribution is 5.36. The van der Waals surface area contributed by atoms with Crippen LogP contribution in [0.4, 0.5) is 0 Å². The van der Waals surface area contributed by atoms with Crippen molar-refractivity contribution >= 4 is 0 Å². The van der Waals surface area contributed by atoms with E-state index in [1.54, 1.807) is 0 Å². The Labute approximate surface area is 85.8 Å². The van der Waals surface area contributed by atoms with E-state index in [0.29, 0.717) is 0 Å². The Bertz CT molecular complexity index is 313. The average Bonchev–Trinajstić information content (AvgIpc) is 2.25. The van der Waals surface area contributed by atoms with Gasteiger partial charge in [-0.05, 0) is 30.5 Å². The molecule has 1 aromatic carbocycles. The monoisotopic (exact) mass is 188 g/mol. The van der Waals surface area contributed by atoms with E-state index in [0.717, 1.165) is 24.8 Å². The van der Waals surface area contributed by atoms with Crippen molar-refractivity contribution < 1.29 is 5.11 Å². The van der Waals surface area contributed by atoms with E-state index in [-0.39, 0.29) is 6.61 Å². The summed E-state index contributed by atoms with van der Waals surface area (Å²) in [4.78, 5) is 0. The molecule has 0 saturated heterocycles. The molecule has 0 aliphatic carbocycles. The lowest BCUT2D eigenvalue weighted by Gasteiger charge is -1.94. The average molecular weight is 188 g/mol. The summed E-state index contributed by atoms with van der Waals surface area (Å²) in [6, 6.07) is 8.31. The van der Waals surface area contributed by atoms with Gasteiger partial charge in [0.1, 0.15) is 0 Å². The van der Waals surface area contributed by atoms with E-state index in [1.165, 1.54) is 5.56 Å². The van der Waals surface area contributed by atoms with E-state index in [1.807, 2.05) is 12.1 Å². The van der Waals surface area contributed by atoms with Gasteiger partial charge in [-0.2, -0.15) is 0 Å². The third-order valence-corrected chi connectivity index (χ3v) is 2.05. The number of aliphatic hydroxyl groups is 1. The zero-order valence-corrected chi connectivity index (χ0v) is 8.59. The van der Waals surface area contributed by atoms with Gasteiger partial charge in [-0.25, -0.2) is 0 Å². The zero-order chi connectivity index (χ0) is 10.2. The Balaban J connectivity index is 2.53. The molecule has 1 aromatic rings. The van der Waals surface area contributed by atoms with Crippen LogP contribution in [0.3, 0.4) is 0 Å². The van der Waals surface area contributed by atoms with Crippen LogP contribution in [0, 0.1) is 11.8 Å². The van der Waals surface area contributed by atoms with Gasteiger partial charge < -0.3 is 5.11 Å². The quantitative estimate of drug-likeness (QED) is 0.570. The summed E-state index contributed by atoms with van der Waals surface area (Å²) in [7, 11) is 0. The molecule has 0 amide bonds. The van der Waals surface area contributed by atoms with Crippen molar-refractivity contribution in [1.82, 2.24) is 0 Å². The largest absolute Gasteiger partial charge is 0.396 e. The molecule has 0 unspecified atom stereocenters. The second-order valence-corrected chi connectivity index (χ2v) is 3.18. The highest BCUT2D eigenvalue weighted by Gasteiger charge is 1.88. The maximum absolute atomic E-state index is 8.56. The van der Waals surface area contributed by atoms with Crippen molar-refractivity contribution in [3.8, 4) is 11.8 Å². The molecule has 0 aromatic heterocycles. The van der Waals surface area contributed by atoms with E-state index in [9.17, 15) is 0 Å². The van der Waals surface area contributed by atoms with Crippen molar-refractivity contribution in [3.05, 3.63) is 35.4 Å². The van der Waals surface area contributed by atoms with E-state index < -0.39 is 0 Å². The molecular formula is C13H16O. The summed E-state index contributed by atoms with van der Waals surface area (Å²) < 4.78 is 0. The molecule has 0 heterocycles. The van der Waals surface area contributed by atoms with Crippen LogP contribution < -0.4 is 0 Å². The molecule has 1 N–H and O–H groups in total.